The molecule has 0 spiro atoms. The maximum atomic E-state index is 4.58. The molecule has 1 atom stereocenters. The number of rotatable bonds is 7. The molecule has 3 aromatic heterocycles. The zero-order valence-corrected chi connectivity index (χ0v) is 15.3. The van der Waals surface area contributed by atoms with Crippen molar-refractivity contribution in [2.24, 2.45) is 18.9 Å². The molecule has 0 saturated carbocycles. The molecule has 3 rings (SSSR count). The van der Waals surface area contributed by atoms with Gasteiger partial charge in [0.25, 0.3) is 0 Å². The molecule has 0 aromatic carbocycles. The van der Waals surface area contributed by atoms with Gasteiger partial charge in [0.05, 0.1) is 18.1 Å². The van der Waals surface area contributed by atoms with Gasteiger partial charge in [-0.05, 0) is 24.0 Å². The fraction of sp³-hybridized carbons (Fsp3) is 0.500. The first kappa shape index (κ1) is 17.3. The van der Waals surface area contributed by atoms with Crippen LogP contribution in [0.3, 0.4) is 0 Å². The fourth-order valence-corrected chi connectivity index (χ4v) is 3.11. The van der Waals surface area contributed by atoms with E-state index in [2.05, 4.69) is 50.8 Å². The van der Waals surface area contributed by atoms with Crippen LogP contribution in [0, 0.1) is 11.8 Å². The molecule has 0 aliphatic heterocycles. The van der Waals surface area contributed by atoms with Crippen LogP contribution < -0.4 is 4.90 Å². The number of anilines is 1. The molecule has 0 fully saturated rings. The smallest absolute Gasteiger partial charge is 0.164 e. The lowest BCUT2D eigenvalue weighted by atomic mass is 9.92. The number of aromatic nitrogens is 6. The standard InChI is InChI=1S/C18H25N7/c1-5-14(13(2)3)10-25(11-15-9-22-24(4)23-15)18-16-7-6-8-19-17(16)20-12-21-18/h6-9,12-14H,5,10-11H2,1-4H3. The highest BCUT2D eigenvalue weighted by atomic mass is 15.5. The Hall–Kier alpha value is -2.57. The maximum absolute atomic E-state index is 4.58. The van der Waals surface area contributed by atoms with Crippen LogP contribution in [0.1, 0.15) is 32.9 Å². The summed E-state index contributed by atoms with van der Waals surface area (Å²) in [5.74, 6) is 2.07. The second kappa shape index (κ2) is 7.55. The maximum Gasteiger partial charge on any atom is 0.164 e. The second-order valence-corrected chi connectivity index (χ2v) is 6.69. The Labute approximate surface area is 148 Å². The van der Waals surface area contributed by atoms with Gasteiger partial charge in [0.2, 0.25) is 0 Å². The van der Waals surface area contributed by atoms with Crippen LogP contribution in [0.25, 0.3) is 11.0 Å². The first-order valence-electron chi connectivity index (χ1n) is 8.74. The molecule has 0 bridgehead atoms. The van der Waals surface area contributed by atoms with E-state index < -0.39 is 0 Å². The zero-order chi connectivity index (χ0) is 17.8. The number of nitrogens with zero attached hydrogens (tertiary/aromatic N) is 7. The molecule has 7 nitrogen and oxygen atoms in total. The molecule has 0 radical (unpaired) electrons. The van der Waals surface area contributed by atoms with Gasteiger partial charge in [-0.1, -0.05) is 27.2 Å². The van der Waals surface area contributed by atoms with Crippen molar-refractivity contribution in [3.8, 4) is 0 Å². The van der Waals surface area contributed by atoms with Gasteiger partial charge in [0.15, 0.2) is 5.65 Å². The van der Waals surface area contributed by atoms with E-state index in [0.29, 0.717) is 24.0 Å². The topological polar surface area (TPSA) is 72.6 Å². The average molecular weight is 339 g/mol. The number of hydrogen-bond donors (Lipinski definition) is 0. The highest BCUT2D eigenvalue weighted by molar-refractivity contribution is 5.86. The Balaban J connectivity index is 1.99. The quantitative estimate of drug-likeness (QED) is 0.659. The van der Waals surface area contributed by atoms with Crippen LogP contribution in [-0.4, -0.2) is 36.5 Å². The van der Waals surface area contributed by atoms with Crippen LogP contribution in [0.4, 0.5) is 5.82 Å². The van der Waals surface area contributed by atoms with Crippen molar-refractivity contribution in [2.45, 2.75) is 33.7 Å². The molecule has 1 unspecified atom stereocenters. The van der Waals surface area contributed by atoms with E-state index in [-0.39, 0.29) is 0 Å². The van der Waals surface area contributed by atoms with Crippen molar-refractivity contribution in [1.29, 1.82) is 0 Å². The second-order valence-electron chi connectivity index (χ2n) is 6.69. The Morgan fingerprint density at radius 1 is 1.20 bits per heavy atom. The minimum Gasteiger partial charge on any atom is -0.350 e. The Bertz CT molecular complexity index is 822. The van der Waals surface area contributed by atoms with E-state index in [9.17, 15) is 0 Å². The van der Waals surface area contributed by atoms with E-state index in [1.807, 2.05) is 25.4 Å². The third-order valence-corrected chi connectivity index (χ3v) is 4.61. The van der Waals surface area contributed by atoms with Crippen LogP contribution in [0.15, 0.2) is 30.9 Å². The minimum absolute atomic E-state index is 0.568. The van der Waals surface area contributed by atoms with Gasteiger partial charge in [0, 0.05) is 19.8 Å². The van der Waals surface area contributed by atoms with Crippen molar-refractivity contribution < 1.29 is 0 Å². The molecule has 0 aliphatic rings. The number of fused-ring (bicyclic) bond motifs is 1. The molecular formula is C18H25N7. The normalized spacial score (nSPS) is 12.7. The van der Waals surface area contributed by atoms with E-state index in [1.54, 1.807) is 17.3 Å². The molecule has 0 N–H and O–H groups in total. The molecular weight excluding hydrogens is 314 g/mol. The molecule has 0 saturated heterocycles. The molecule has 132 valence electrons. The summed E-state index contributed by atoms with van der Waals surface area (Å²) >= 11 is 0. The van der Waals surface area contributed by atoms with Crippen molar-refractivity contribution in [3.63, 3.8) is 0 Å². The molecule has 7 heteroatoms. The van der Waals surface area contributed by atoms with Gasteiger partial charge >= 0.3 is 0 Å². The fourth-order valence-electron chi connectivity index (χ4n) is 3.11. The van der Waals surface area contributed by atoms with Gasteiger partial charge < -0.3 is 4.90 Å². The lowest BCUT2D eigenvalue weighted by Gasteiger charge is -2.30. The van der Waals surface area contributed by atoms with Gasteiger partial charge in [-0.2, -0.15) is 15.0 Å². The van der Waals surface area contributed by atoms with Gasteiger partial charge in [-0.25, -0.2) is 15.0 Å². The van der Waals surface area contributed by atoms with Gasteiger partial charge in [0.1, 0.15) is 17.8 Å². The Kier molecular flexibility index (Phi) is 5.21. The van der Waals surface area contributed by atoms with E-state index >= 15 is 0 Å². The van der Waals surface area contributed by atoms with Crippen molar-refractivity contribution in [3.05, 3.63) is 36.5 Å². The molecule has 3 aromatic rings. The lowest BCUT2D eigenvalue weighted by molar-refractivity contribution is 0.370. The first-order valence-corrected chi connectivity index (χ1v) is 8.74. The monoisotopic (exact) mass is 339 g/mol. The lowest BCUT2D eigenvalue weighted by Crippen LogP contribution is -2.32. The highest BCUT2D eigenvalue weighted by Gasteiger charge is 2.20. The van der Waals surface area contributed by atoms with Crippen LogP contribution in [0.5, 0.6) is 0 Å². The summed E-state index contributed by atoms with van der Waals surface area (Å²) in [5.41, 5.74) is 1.64. The van der Waals surface area contributed by atoms with E-state index in [4.69, 9.17) is 0 Å². The van der Waals surface area contributed by atoms with Crippen molar-refractivity contribution >= 4 is 16.9 Å². The summed E-state index contributed by atoms with van der Waals surface area (Å²) in [4.78, 5) is 17.1. The number of aryl methyl sites for hydroxylation is 1. The van der Waals surface area contributed by atoms with Crippen molar-refractivity contribution in [1.82, 2.24) is 29.9 Å². The molecule has 0 aliphatic carbocycles. The van der Waals surface area contributed by atoms with Gasteiger partial charge in [-0.15, -0.1) is 0 Å². The predicted molar refractivity (Wildman–Crippen MR) is 98.0 cm³/mol. The van der Waals surface area contributed by atoms with Crippen molar-refractivity contribution in [2.75, 3.05) is 11.4 Å². The Morgan fingerprint density at radius 2 is 2.04 bits per heavy atom. The summed E-state index contributed by atoms with van der Waals surface area (Å²) in [6.07, 6.45) is 6.28. The summed E-state index contributed by atoms with van der Waals surface area (Å²) < 4.78 is 0. The van der Waals surface area contributed by atoms with Crippen LogP contribution >= 0.6 is 0 Å². The minimum atomic E-state index is 0.568. The van der Waals surface area contributed by atoms with E-state index in [0.717, 1.165) is 29.9 Å². The van der Waals surface area contributed by atoms with Crippen LogP contribution in [0.2, 0.25) is 0 Å². The Morgan fingerprint density at radius 3 is 2.72 bits per heavy atom. The SMILES string of the molecule is CCC(CN(Cc1cnn(C)n1)c1ncnc2ncccc12)C(C)C. The number of pyridine rings is 1. The summed E-state index contributed by atoms with van der Waals surface area (Å²) in [5, 5.41) is 9.60. The third kappa shape index (κ3) is 3.92. The average Bonchev–Trinajstić information content (AvgIpc) is 3.02. The predicted octanol–water partition coefficient (Wildman–Crippen LogP) is 2.84. The van der Waals surface area contributed by atoms with Gasteiger partial charge in [-0.3, -0.25) is 0 Å². The summed E-state index contributed by atoms with van der Waals surface area (Å²) in [6, 6.07) is 3.95. The summed E-state index contributed by atoms with van der Waals surface area (Å²) in [6.45, 7) is 8.36. The summed E-state index contributed by atoms with van der Waals surface area (Å²) in [7, 11) is 1.83. The largest absolute Gasteiger partial charge is 0.350 e. The zero-order valence-electron chi connectivity index (χ0n) is 15.3. The highest BCUT2D eigenvalue weighted by Crippen LogP contribution is 2.26. The van der Waals surface area contributed by atoms with Crippen LogP contribution in [-0.2, 0) is 13.6 Å². The third-order valence-electron chi connectivity index (χ3n) is 4.61. The molecule has 0 amide bonds. The molecule has 3 heterocycles. The van der Waals surface area contributed by atoms with E-state index in [1.165, 1.54) is 0 Å². The number of hydrogen-bond acceptors (Lipinski definition) is 6. The first-order chi connectivity index (χ1) is 12.1. The molecule has 25 heavy (non-hydrogen) atoms.